The quantitative estimate of drug-likeness (QED) is 0.584. The molecular formula is C19H21F3N6S. The predicted molar refractivity (Wildman–Crippen MR) is 107 cm³/mol. The standard InChI is InChI=1S/C19H21F3N6S/c1-24-18(25-10-17-27-16(12-29-17)19(20,21)22)26-14-6-4-8-28(11-14)15-7-3-2-5-13(15)9-23/h2-3,5,7,12,14H,4,6,8,10-11H2,1H3,(H2,24,25,26). The van der Waals surface area contributed by atoms with Crippen LogP contribution in [0, 0.1) is 11.3 Å². The van der Waals surface area contributed by atoms with E-state index in [4.69, 9.17) is 0 Å². The number of nitrogens with zero attached hydrogens (tertiary/aromatic N) is 4. The van der Waals surface area contributed by atoms with Crippen molar-refractivity contribution in [1.29, 1.82) is 5.26 Å². The number of aliphatic imine (C=N–C) groups is 1. The Hall–Kier alpha value is -2.80. The molecule has 0 saturated carbocycles. The second-order valence-corrected chi connectivity index (χ2v) is 7.55. The van der Waals surface area contributed by atoms with E-state index >= 15 is 0 Å². The lowest BCUT2D eigenvalue weighted by atomic mass is 10.0. The predicted octanol–water partition coefficient (Wildman–Crippen LogP) is 3.37. The lowest BCUT2D eigenvalue weighted by Gasteiger charge is -2.35. The van der Waals surface area contributed by atoms with Gasteiger partial charge >= 0.3 is 6.18 Å². The number of aromatic nitrogens is 1. The van der Waals surface area contributed by atoms with Crippen LogP contribution in [0.5, 0.6) is 0 Å². The number of alkyl halides is 3. The lowest BCUT2D eigenvalue weighted by Crippen LogP contribution is -2.51. The first-order chi connectivity index (χ1) is 13.9. The van der Waals surface area contributed by atoms with Gasteiger partial charge in [0.2, 0.25) is 0 Å². The van der Waals surface area contributed by atoms with Crippen molar-refractivity contribution in [3.8, 4) is 6.07 Å². The number of para-hydroxylation sites is 1. The largest absolute Gasteiger partial charge is 0.434 e. The highest BCUT2D eigenvalue weighted by Gasteiger charge is 2.33. The number of nitrogens with one attached hydrogen (secondary N) is 2. The van der Waals surface area contributed by atoms with Gasteiger partial charge in [-0.3, -0.25) is 4.99 Å². The van der Waals surface area contributed by atoms with E-state index in [0.29, 0.717) is 23.1 Å². The molecule has 0 aliphatic carbocycles. The molecule has 3 rings (SSSR count). The summed E-state index contributed by atoms with van der Waals surface area (Å²) in [6.07, 6.45) is -2.54. The summed E-state index contributed by atoms with van der Waals surface area (Å²) in [4.78, 5) is 9.95. The molecule has 1 aliphatic heterocycles. The Labute approximate surface area is 171 Å². The van der Waals surface area contributed by atoms with Gasteiger partial charge < -0.3 is 15.5 Å². The molecule has 154 valence electrons. The number of thiazole rings is 1. The van der Waals surface area contributed by atoms with Gasteiger partial charge in [-0.25, -0.2) is 4.98 Å². The molecule has 0 radical (unpaired) electrons. The monoisotopic (exact) mass is 422 g/mol. The number of anilines is 1. The minimum absolute atomic E-state index is 0.101. The highest BCUT2D eigenvalue weighted by Crippen LogP contribution is 2.30. The van der Waals surface area contributed by atoms with Crippen molar-refractivity contribution >= 4 is 23.0 Å². The zero-order valence-electron chi connectivity index (χ0n) is 15.8. The summed E-state index contributed by atoms with van der Waals surface area (Å²) in [7, 11) is 1.61. The number of hydrogen-bond acceptors (Lipinski definition) is 5. The van der Waals surface area contributed by atoms with Gasteiger partial charge in [-0.1, -0.05) is 12.1 Å². The van der Waals surface area contributed by atoms with Gasteiger partial charge in [0.05, 0.1) is 17.8 Å². The van der Waals surface area contributed by atoms with E-state index in [0.717, 1.165) is 41.8 Å². The summed E-state index contributed by atoms with van der Waals surface area (Å²) in [5.74, 6) is 0.508. The van der Waals surface area contributed by atoms with Gasteiger partial charge in [0.25, 0.3) is 0 Å². The average Bonchev–Trinajstić information content (AvgIpc) is 3.21. The normalized spacial score (nSPS) is 17.7. The maximum absolute atomic E-state index is 12.7. The van der Waals surface area contributed by atoms with Gasteiger partial charge in [0.15, 0.2) is 11.7 Å². The fourth-order valence-electron chi connectivity index (χ4n) is 3.23. The summed E-state index contributed by atoms with van der Waals surface area (Å²) in [5.41, 5.74) is 0.674. The zero-order valence-corrected chi connectivity index (χ0v) is 16.6. The second kappa shape index (κ2) is 9.13. The van der Waals surface area contributed by atoms with Gasteiger partial charge in [-0.2, -0.15) is 18.4 Å². The third-order valence-electron chi connectivity index (χ3n) is 4.60. The van der Waals surface area contributed by atoms with Crippen molar-refractivity contribution in [3.05, 3.63) is 45.9 Å². The van der Waals surface area contributed by atoms with Crippen LogP contribution in [-0.2, 0) is 12.7 Å². The maximum Gasteiger partial charge on any atom is 0.434 e. The Morgan fingerprint density at radius 3 is 2.90 bits per heavy atom. The van der Waals surface area contributed by atoms with Crippen LogP contribution in [0.15, 0.2) is 34.6 Å². The Morgan fingerprint density at radius 2 is 2.21 bits per heavy atom. The molecule has 2 N–H and O–H groups in total. The highest BCUT2D eigenvalue weighted by atomic mass is 32.1. The molecule has 1 unspecified atom stereocenters. The molecule has 0 bridgehead atoms. The van der Waals surface area contributed by atoms with Crippen LogP contribution in [0.2, 0.25) is 0 Å². The number of benzene rings is 1. The highest BCUT2D eigenvalue weighted by molar-refractivity contribution is 7.09. The first-order valence-electron chi connectivity index (χ1n) is 9.13. The second-order valence-electron chi connectivity index (χ2n) is 6.61. The Bertz CT molecular complexity index is 902. The van der Waals surface area contributed by atoms with E-state index in [2.05, 4.69) is 31.6 Å². The van der Waals surface area contributed by atoms with Gasteiger partial charge in [-0.15, -0.1) is 11.3 Å². The number of hydrogen-bond donors (Lipinski definition) is 2. The van der Waals surface area contributed by atoms with Crippen LogP contribution in [0.4, 0.5) is 18.9 Å². The molecule has 1 fully saturated rings. The van der Waals surface area contributed by atoms with E-state index in [1.54, 1.807) is 13.1 Å². The van der Waals surface area contributed by atoms with E-state index in [-0.39, 0.29) is 12.6 Å². The van der Waals surface area contributed by atoms with Crippen molar-refractivity contribution in [2.24, 2.45) is 4.99 Å². The maximum atomic E-state index is 12.7. The number of piperidine rings is 1. The van der Waals surface area contributed by atoms with Crippen molar-refractivity contribution in [2.45, 2.75) is 31.6 Å². The van der Waals surface area contributed by atoms with Crippen molar-refractivity contribution in [2.75, 3.05) is 25.0 Å². The molecule has 1 aromatic carbocycles. The number of halogens is 3. The van der Waals surface area contributed by atoms with Crippen molar-refractivity contribution < 1.29 is 13.2 Å². The van der Waals surface area contributed by atoms with Crippen LogP contribution in [0.25, 0.3) is 0 Å². The summed E-state index contributed by atoms with van der Waals surface area (Å²) in [6.45, 7) is 1.73. The lowest BCUT2D eigenvalue weighted by molar-refractivity contribution is -0.140. The molecular weight excluding hydrogens is 401 g/mol. The topological polar surface area (TPSA) is 76.3 Å². The summed E-state index contributed by atoms with van der Waals surface area (Å²) in [5, 5.41) is 17.0. The third kappa shape index (κ3) is 5.38. The van der Waals surface area contributed by atoms with E-state index in [9.17, 15) is 18.4 Å². The minimum Gasteiger partial charge on any atom is -0.368 e. The molecule has 1 aromatic heterocycles. The van der Waals surface area contributed by atoms with Crippen molar-refractivity contribution in [1.82, 2.24) is 15.6 Å². The smallest absolute Gasteiger partial charge is 0.368 e. The third-order valence-corrected chi connectivity index (χ3v) is 5.45. The molecule has 1 saturated heterocycles. The SMILES string of the molecule is CN=C(NCc1nc(C(F)(F)F)cs1)NC1CCCN(c2ccccc2C#N)C1. The van der Waals surface area contributed by atoms with Crippen LogP contribution in [-0.4, -0.2) is 37.1 Å². The summed E-state index contributed by atoms with van der Waals surface area (Å²) >= 11 is 0.961. The van der Waals surface area contributed by atoms with Crippen LogP contribution in [0.1, 0.15) is 29.1 Å². The molecule has 2 heterocycles. The van der Waals surface area contributed by atoms with E-state index in [1.807, 2.05) is 18.2 Å². The fourth-order valence-corrected chi connectivity index (χ4v) is 3.97. The van der Waals surface area contributed by atoms with Crippen molar-refractivity contribution in [3.63, 3.8) is 0 Å². The summed E-state index contributed by atoms with van der Waals surface area (Å²) in [6, 6.07) is 9.83. The molecule has 0 spiro atoms. The Kier molecular flexibility index (Phi) is 6.59. The molecule has 0 amide bonds. The number of rotatable bonds is 4. The van der Waals surface area contributed by atoms with E-state index in [1.165, 1.54) is 0 Å². The molecule has 10 heteroatoms. The van der Waals surface area contributed by atoms with Gasteiger partial charge in [0.1, 0.15) is 11.1 Å². The van der Waals surface area contributed by atoms with Gasteiger partial charge in [-0.05, 0) is 25.0 Å². The first kappa shape index (κ1) is 20.9. The average molecular weight is 422 g/mol. The minimum atomic E-state index is -4.43. The van der Waals surface area contributed by atoms with Crippen LogP contribution in [0.3, 0.4) is 0 Å². The van der Waals surface area contributed by atoms with Crippen LogP contribution >= 0.6 is 11.3 Å². The first-order valence-corrected chi connectivity index (χ1v) is 10.0. The van der Waals surface area contributed by atoms with E-state index < -0.39 is 11.9 Å². The number of guanidine groups is 1. The molecule has 2 aromatic rings. The number of nitriles is 1. The van der Waals surface area contributed by atoms with Gasteiger partial charge in [0, 0.05) is 31.6 Å². The Morgan fingerprint density at radius 1 is 1.41 bits per heavy atom. The molecule has 29 heavy (non-hydrogen) atoms. The molecule has 1 atom stereocenters. The van der Waals surface area contributed by atoms with Crippen LogP contribution < -0.4 is 15.5 Å². The molecule has 1 aliphatic rings. The zero-order chi connectivity index (χ0) is 20.9. The Balaban J connectivity index is 1.58. The molecule has 6 nitrogen and oxygen atoms in total. The summed E-state index contributed by atoms with van der Waals surface area (Å²) < 4.78 is 38.0. The fraction of sp³-hybridized carbons (Fsp3) is 0.421.